The van der Waals surface area contributed by atoms with E-state index in [9.17, 15) is 0 Å². The van der Waals surface area contributed by atoms with Crippen LogP contribution in [0.15, 0.2) is 54.6 Å². The van der Waals surface area contributed by atoms with Gasteiger partial charge in [0.1, 0.15) is 18.1 Å². The molecule has 0 unspecified atom stereocenters. The van der Waals surface area contributed by atoms with Gasteiger partial charge in [-0.25, -0.2) is 0 Å². The van der Waals surface area contributed by atoms with Gasteiger partial charge in [0, 0.05) is 6.07 Å². The molecule has 0 N–H and O–H groups in total. The number of hydrogen-bond acceptors (Lipinski definition) is 2. The van der Waals surface area contributed by atoms with E-state index in [0.29, 0.717) is 12.4 Å². The zero-order chi connectivity index (χ0) is 11.9. The van der Waals surface area contributed by atoms with Crippen molar-refractivity contribution in [2.45, 2.75) is 6.61 Å². The summed E-state index contributed by atoms with van der Waals surface area (Å²) in [4.78, 5) is 0. The standard InChI is InChI=1S/C14H13ClO2/c15-11-17-14-8-4-7-13(9-14)16-10-12-5-2-1-3-6-12/h1-9H,10-11H2. The van der Waals surface area contributed by atoms with E-state index < -0.39 is 0 Å². The molecule has 0 aliphatic heterocycles. The fourth-order valence-corrected chi connectivity index (χ4v) is 1.58. The first kappa shape index (κ1) is 11.8. The van der Waals surface area contributed by atoms with Crippen molar-refractivity contribution >= 4 is 11.6 Å². The van der Waals surface area contributed by atoms with Gasteiger partial charge in [0.05, 0.1) is 0 Å². The minimum atomic E-state index is 0.141. The van der Waals surface area contributed by atoms with Crippen LogP contribution < -0.4 is 9.47 Å². The van der Waals surface area contributed by atoms with Crippen molar-refractivity contribution in [2.75, 3.05) is 6.07 Å². The molecule has 2 aromatic rings. The Labute approximate surface area is 106 Å². The Morgan fingerprint density at radius 1 is 0.824 bits per heavy atom. The van der Waals surface area contributed by atoms with E-state index in [2.05, 4.69) is 0 Å². The van der Waals surface area contributed by atoms with Crippen LogP contribution in [0.2, 0.25) is 0 Å². The molecular weight excluding hydrogens is 236 g/mol. The molecular formula is C14H13ClO2. The molecule has 2 rings (SSSR count). The molecule has 0 fully saturated rings. The van der Waals surface area contributed by atoms with Gasteiger partial charge in [-0.05, 0) is 17.7 Å². The second kappa shape index (κ2) is 6.16. The Morgan fingerprint density at radius 2 is 1.53 bits per heavy atom. The van der Waals surface area contributed by atoms with Gasteiger partial charge < -0.3 is 9.47 Å². The van der Waals surface area contributed by atoms with E-state index in [4.69, 9.17) is 21.1 Å². The van der Waals surface area contributed by atoms with Crippen molar-refractivity contribution in [1.29, 1.82) is 0 Å². The molecule has 2 nitrogen and oxygen atoms in total. The van der Waals surface area contributed by atoms with Crippen molar-refractivity contribution in [1.82, 2.24) is 0 Å². The molecule has 2 aromatic carbocycles. The minimum Gasteiger partial charge on any atom is -0.489 e. The van der Waals surface area contributed by atoms with Crippen LogP contribution in [0, 0.1) is 0 Å². The molecule has 0 aromatic heterocycles. The summed E-state index contributed by atoms with van der Waals surface area (Å²) in [7, 11) is 0. The van der Waals surface area contributed by atoms with Crippen LogP contribution >= 0.6 is 11.6 Å². The first-order valence-corrected chi connectivity index (χ1v) is 5.87. The predicted octanol–water partition coefficient (Wildman–Crippen LogP) is 3.84. The average Bonchev–Trinajstić information content (AvgIpc) is 2.39. The normalized spacial score (nSPS) is 9.94. The van der Waals surface area contributed by atoms with E-state index >= 15 is 0 Å². The van der Waals surface area contributed by atoms with Crippen molar-refractivity contribution in [3.63, 3.8) is 0 Å². The Kier molecular flexibility index (Phi) is 4.28. The van der Waals surface area contributed by atoms with Crippen molar-refractivity contribution in [3.8, 4) is 11.5 Å². The lowest BCUT2D eigenvalue weighted by molar-refractivity contribution is 0.303. The van der Waals surface area contributed by atoms with Crippen LogP contribution in [0.4, 0.5) is 0 Å². The van der Waals surface area contributed by atoms with Crippen LogP contribution in [-0.4, -0.2) is 6.07 Å². The molecule has 0 radical (unpaired) electrons. The Balaban J connectivity index is 1.97. The SMILES string of the molecule is ClCOc1cccc(OCc2ccccc2)c1. The van der Waals surface area contributed by atoms with Crippen molar-refractivity contribution < 1.29 is 9.47 Å². The summed E-state index contributed by atoms with van der Waals surface area (Å²) in [6.07, 6.45) is 0. The molecule has 0 aliphatic rings. The fraction of sp³-hybridized carbons (Fsp3) is 0.143. The van der Waals surface area contributed by atoms with Gasteiger partial charge in [0.15, 0.2) is 6.07 Å². The third-order valence-electron chi connectivity index (χ3n) is 2.28. The summed E-state index contributed by atoms with van der Waals surface area (Å²) < 4.78 is 10.8. The van der Waals surface area contributed by atoms with E-state index in [1.165, 1.54) is 0 Å². The molecule has 0 heterocycles. The summed E-state index contributed by atoms with van der Waals surface area (Å²) in [5, 5.41) is 0. The van der Waals surface area contributed by atoms with Crippen LogP contribution in [0.1, 0.15) is 5.56 Å². The first-order valence-electron chi connectivity index (χ1n) is 5.34. The summed E-state index contributed by atoms with van der Waals surface area (Å²) in [6.45, 7) is 0.547. The predicted molar refractivity (Wildman–Crippen MR) is 68.6 cm³/mol. The highest BCUT2D eigenvalue weighted by molar-refractivity contribution is 6.17. The lowest BCUT2D eigenvalue weighted by Crippen LogP contribution is -1.95. The lowest BCUT2D eigenvalue weighted by atomic mass is 10.2. The maximum atomic E-state index is 5.66. The topological polar surface area (TPSA) is 18.5 Å². The summed E-state index contributed by atoms with van der Waals surface area (Å²) >= 11 is 5.50. The first-order chi connectivity index (χ1) is 8.38. The van der Waals surface area contributed by atoms with E-state index in [-0.39, 0.29) is 6.07 Å². The minimum absolute atomic E-state index is 0.141. The average molecular weight is 249 g/mol. The number of hydrogen-bond donors (Lipinski definition) is 0. The second-order valence-electron chi connectivity index (χ2n) is 3.50. The number of alkyl halides is 1. The Morgan fingerprint density at radius 3 is 2.24 bits per heavy atom. The van der Waals surface area contributed by atoms with E-state index in [0.717, 1.165) is 11.3 Å². The zero-order valence-corrected chi connectivity index (χ0v) is 10.1. The van der Waals surface area contributed by atoms with Crippen molar-refractivity contribution in [2.24, 2.45) is 0 Å². The van der Waals surface area contributed by atoms with Gasteiger partial charge in [-0.2, -0.15) is 0 Å². The van der Waals surface area contributed by atoms with Crippen LogP contribution in [-0.2, 0) is 6.61 Å². The Hall–Kier alpha value is -1.67. The quantitative estimate of drug-likeness (QED) is 0.749. The number of ether oxygens (including phenoxy) is 2. The number of benzene rings is 2. The van der Waals surface area contributed by atoms with Crippen LogP contribution in [0.25, 0.3) is 0 Å². The largest absolute Gasteiger partial charge is 0.489 e. The molecule has 0 amide bonds. The molecule has 0 spiro atoms. The highest BCUT2D eigenvalue weighted by Crippen LogP contribution is 2.20. The monoisotopic (exact) mass is 248 g/mol. The maximum Gasteiger partial charge on any atom is 0.162 e. The molecule has 0 aliphatic carbocycles. The van der Waals surface area contributed by atoms with Crippen LogP contribution in [0.5, 0.6) is 11.5 Å². The third kappa shape index (κ3) is 3.68. The maximum absolute atomic E-state index is 5.66. The van der Waals surface area contributed by atoms with Gasteiger partial charge in [0.2, 0.25) is 0 Å². The zero-order valence-electron chi connectivity index (χ0n) is 9.30. The van der Waals surface area contributed by atoms with Crippen molar-refractivity contribution in [3.05, 3.63) is 60.2 Å². The molecule has 0 saturated carbocycles. The molecule has 17 heavy (non-hydrogen) atoms. The summed E-state index contributed by atoms with van der Waals surface area (Å²) in [5.41, 5.74) is 1.14. The van der Waals surface area contributed by atoms with E-state index in [1.54, 1.807) is 0 Å². The summed E-state index contributed by atoms with van der Waals surface area (Å²) in [5.74, 6) is 1.49. The lowest BCUT2D eigenvalue weighted by Gasteiger charge is -2.08. The highest BCUT2D eigenvalue weighted by atomic mass is 35.5. The smallest absolute Gasteiger partial charge is 0.162 e. The molecule has 0 atom stereocenters. The molecule has 0 bridgehead atoms. The fourth-order valence-electron chi connectivity index (χ4n) is 1.46. The Bertz CT molecular complexity index is 457. The molecule has 3 heteroatoms. The van der Waals surface area contributed by atoms with Gasteiger partial charge in [-0.15, -0.1) is 0 Å². The van der Waals surface area contributed by atoms with Gasteiger partial charge in [0.25, 0.3) is 0 Å². The van der Waals surface area contributed by atoms with Gasteiger partial charge >= 0.3 is 0 Å². The summed E-state index contributed by atoms with van der Waals surface area (Å²) in [6, 6.07) is 17.6. The number of rotatable bonds is 5. The molecule has 88 valence electrons. The second-order valence-corrected chi connectivity index (χ2v) is 3.72. The van der Waals surface area contributed by atoms with Gasteiger partial charge in [-0.3, -0.25) is 0 Å². The number of halogens is 1. The highest BCUT2D eigenvalue weighted by Gasteiger charge is 1.98. The van der Waals surface area contributed by atoms with Crippen LogP contribution in [0.3, 0.4) is 0 Å². The van der Waals surface area contributed by atoms with Gasteiger partial charge in [-0.1, -0.05) is 48.0 Å². The molecule has 0 saturated heterocycles. The third-order valence-corrected chi connectivity index (χ3v) is 2.38. The van der Waals surface area contributed by atoms with E-state index in [1.807, 2.05) is 54.6 Å².